The summed E-state index contributed by atoms with van der Waals surface area (Å²) in [4.78, 5) is 23.5. The van der Waals surface area contributed by atoms with Crippen molar-refractivity contribution in [3.63, 3.8) is 0 Å². The Morgan fingerprint density at radius 2 is 1.96 bits per heavy atom. The first-order chi connectivity index (χ1) is 12.1. The van der Waals surface area contributed by atoms with E-state index in [1.807, 2.05) is 6.07 Å². The molecule has 0 aliphatic heterocycles. The summed E-state index contributed by atoms with van der Waals surface area (Å²) >= 11 is 0. The van der Waals surface area contributed by atoms with Gasteiger partial charge in [-0.25, -0.2) is 4.79 Å². The van der Waals surface area contributed by atoms with E-state index < -0.39 is 5.97 Å². The maximum Gasteiger partial charge on any atom is 0.339 e. The van der Waals surface area contributed by atoms with Crippen LogP contribution in [0.5, 0.6) is 5.75 Å². The highest BCUT2D eigenvalue weighted by Crippen LogP contribution is 2.28. The third-order valence-electron chi connectivity index (χ3n) is 4.64. The summed E-state index contributed by atoms with van der Waals surface area (Å²) in [5, 5.41) is 11.9. The van der Waals surface area contributed by atoms with Gasteiger partial charge >= 0.3 is 5.97 Å². The molecule has 0 fully saturated rings. The summed E-state index contributed by atoms with van der Waals surface area (Å²) in [5.41, 5.74) is 3.33. The molecule has 2 aromatic rings. The number of hydrogen-bond donors (Lipinski definition) is 2. The van der Waals surface area contributed by atoms with Crippen molar-refractivity contribution in [2.45, 2.75) is 25.7 Å². The molecular weight excluding hydrogens is 318 g/mol. The predicted octanol–water partition coefficient (Wildman–Crippen LogP) is 3.53. The Hall–Kier alpha value is -2.82. The van der Waals surface area contributed by atoms with Crippen LogP contribution in [0.2, 0.25) is 0 Å². The summed E-state index contributed by atoms with van der Waals surface area (Å²) in [7, 11) is 1.41. The molecule has 1 unspecified atom stereocenters. The summed E-state index contributed by atoms with van der Waals surface area (Å²) in [6.07, 6.45) is 3.39. The molecule has 0 radical (unpaired) electrons. The van der Waals surface area contributed by atoms with Gasteiger partial charge in [-0.3, -0.25) is 4.79 Å². The number of fused-ring (bicyclic) bond motifs is 1. The van der Waals surface area contributed by atoms with Gasteiger partial charge in [-0.15, -0.1) is 0 Å². The van der Waals surface area contributed by atoms with Gasteiger partial charge in [0.25, 0.3) is 0 Å². The molecule has 2 aromatic carbocycles. The van der Waals surface area contributed by atoms with Gasteiger partial charge in [-0.2, -0.15) is 0 Å². The normalized spacial score (nSPS) is 16.0. The molecule has 5 nitrogen and oxygen atoms in total. The van der Waals surface area contributed by atoms with Gasteiger partial charge in [0.05, 0.1) is 7.11 Å². The van der Waals surface area contributed by atoms with Crippen molar-refractivity contribution >= 4 is 17.6 Å². The zero-order chi connectivity index (χ0) is 17.8. The van der Waals surface area contributed by atoms with Gasteiger partial charge in [0.15, 0.2) is 0 Å². The Morgan fingerprint density at radius 3 is 2.68 bits per heavy atom. The Kier molecular flexibility index (Phi) is 5.03. The van der Waals surface area contributed by atoms with Crippen LogP contribution in [0.4, 0.5) is 5.69 Å². The van der Waals surface area contributed by atoms with Gasteiger partial charge in [-0.05, 0) is 48.4 Å². The first-order valence-corrected chi connectivity index (χ1v) is 8.35. The third kappa shape index (κ3) is 3.99. The second kappa shape index (κ2) is 7.38. The lowest BCUT2D eigenvalue weighted by Crippen LogP contribution is -2.21. The molecule has 1 amide bonds. The minimum Gasteiger partial charge on any atom is -0.496 e. The molecule has 1 aliphatic carbocycles. The van der Waals surface area contributed by atoms with Gasteiger partial charge in [0.1, 0.15) is 11.3 Å². The predicted molar refractivity (Wildman–Crippen MR) is 95.2 cm³/mol. The largest absolute Gasteiger partial charge is 0.496 e. The number of carboxylic acid groups (broad SMARTS) is 1. The lowest BCUT2D eigenvalue weighted by atomic mass is 9.82. The molecule has 25 heavy (non-hydrogen) atoms. The maximum atomic E-state index is 12.3. The van der Waals surface area contributed by atoms with Crippen LogP contribution in [0, 0.1) is 5.92 Å². The lowest BCUT2D eigenvalue weighted by Gasteiger charge is -2.24. The molecule has 0 saturated heterocycles. The van der Waals surface area contributed by atoms with E-state index in [1.54, 1.807) is 6.07 Å². The summed E-state index contributed by atoms with van der Waals surface area (Å²) < 4.78 is 5.09. The van der Waals surface area contributed by atoms with Crippen molar-refractivity contribution in [1.82, 2.24) is 0 Å². The fourth-order valence-electron chi connectivity index (χ4n) is 3.37. The van der Waals surface area contributed by atoms with Crippen LogP contribution in [-0.4, -0.2) is 24.1 Å². The molecule has 1 aliphatic rings. The lowest BCUT2D eigenvalue weighted by molar-refractivity contribution is -0.117. The van der Waals surface area contributed by atoms with Crippen molar-refractivity contribution < 1.29 is 19.4 Å². The molecule has 130 valence electrons. The van der Waals surface area contributed by atoms with Gasteiger partial charge in [0.2, 0.25) is 5.91 Å². The Bertz CT molecular complexity index is 800. The van der Waals surface area contributed by atoms with E-state index in [0.29, 0.717) is 18.0 Å². The van der Waals surface area contributed by atoms with Crippen molar-refractivity contribution in [2.24, 2.45) is 5.92 Å². The maximum absolute atomic E-state index is 12.3. The number of rotatable bonds is 5. The summed E-state index contributed by atoms with van der Waals surface area (Å²) in [6.45, 7) is 0. The van der Waals surface area contributed by atoms with Crippen LogP contribution < -0.4 is 10.1 Å². The van der Waals surface area contributed by atoms with Gasteiger partial charge in [0, 0.05) is 18.2 Å². The standard InChI is InChI=1S/C20H21NO4/c1-25-18-12-16(8-9-17(18)20(23)24)21-19(22)11-13-6-7-14-4-2-3-5-15(14)10-13/h2-5,8-9,12-13H,6-7,10-11H2,1H3,(H,21,22)(H,23,24). The van der Waals surface area contributed by atoms with E-state index in [0.717, 1.165) is 19.3 Å². The van der Waals surface area contributed by atoms with E-state index in [-0.39, 0.29) is 17.2 Å². The number of anilines is 1. The summed E-state index contributed by atoms with van der Waals surface area (Å²) in [6, 6.07) is 12.9. The number of ether oxygens (including phenoxy) is 1. The van der Waals surface area contributed by atoms with Crippen molar-refractivity contribution in [3.8, 4) is 5.75 Å². The minimum absolute atomic E-state index is 0.0606. The number of methoxy groups -OCH3 is 1. The minimum atomic E-state index is -1.06. The molecule has 2 N–H and O–H groups in total. The average Bonchev–Trinajstić information content (AvgIpc) is 2.61. The van der Waals surface area contributed by atoms with Crippen LogP contribution in [0.1, 0.15) is 34.3 Å². The zero-order valence-corrected chi connectivity index (χ0v) is 14.1. The van der Waals surface area contributed by atoms with Crippen LogP contribution in [0.15, 0.2) is 42.5 Å². The third-order valence-corrected chi connectivity index (χ3v) is 4.64. The van der Waals surface area contributed by atoms with Gasteiger partial charge in [-0.1, -0.05) is 24.3 Å². The highest BCUT2D eigenvalue weighted by Gasteiger charge is 2.21. The molecular formula is C20H21NO4. The molecule has 3 rings (SSSR count). The second-order valence-electron chi connectivity index (χ2n) is 6.35. The van der Waals surface area contributed by atoms with Crippen molar-refractivity contribution in [1.29, 1.82) is 0 Å². The molecule has 0 heterocycles. The molecule has 0 aromatic heterocycles. The highest BCUT2D eigenvalue weighted by atomic mass is 16.5. The summed E-state index contributed by atoms with van der Waals surface area (Å²) in [5.74, 6) is -0.558. The van der Waals surface area contributed by atoms with Crippen LogP contribution >= 0.6 is 0 Å². The van der Waals surface area contributed by atoms with Gasteiger partial charge < -0.3 is 15.2 Å². The van der Waals surface area contributed by atoms with E-state index in [2.05, 4.69) is 23.5 Å². The average molecular weight is 339 g/mol. The fourth-order valence-corrected chi connectivity index (χ4v) is 3.37. The number of amides is 1. The number of carboxylic acids is 1. The van der Waals surface area contributed by atoms with E-state index in [1.165, 1.54) is 30.4 Å². The first kappa shape index (κ1) is 17.0. The molecule has 1 atom stereocenters. The van der Waals surface area contributed by atoms with E-state index in [9.17, 15) is 9.59 Å². The Morgan fingerprint density at radius 1 is 1.20 bits per heavy atom. The number of nitrogens with one attached hydrogen (secondary N) is 1. The highest BCUT2D eigenvalue weighted by molar-refractivity contribution is 5.94. The van der Waals surface area contributed by atoms with E-state index >= 15 is 0 Å². The zero-order valence-electron chi connectivity index (χ0n) is 14.1. The van der Waals surface area contributed by atoms with Crippen LogP contribution in [-0.2, 0) is 17.6 Å². The fraction of sp³-hybridized carbons (Fsp3) is 0.300. The Labute approximate surface area is 146 Å². The molecule has 0 spiro atoms. The monoisotopic (exact) mass is 339 g/mol. The Balaban J connectivity index is 1.63. The molecule has 0 saturated carbocycles. The van der Waals surface area contributed by atoms with E-state index in [4.69, 9.17) is 9.84 Å². The number of aromatic carboxylic acids is 1. The number of aryl methyl sites for hydroxylation is 1. The first-order valence-electron chi connectivity index (χ1n) is 8.35. The molecule has 5 heteroatoms. The molecule has 0 bridgehead atoms. The number of carbonyl (C=O) groups excluding carboxylic acids is 1. The number of benzene rings is 2. The van der Waals surface area contributed by atoms with Crippen molar-refractivity contribution in [3.05, 3.63) is 59.2 Å². The van der Waals surface area contributed by atoms with Crippen LogP contribution in [0.3, 0.4) is 0 Å². The quantitative estimate of drug-likeness (QED) is 0.874. The van der Waals surface area contributed by atoms with Crippen molar-refractivity contribution in [2.75, 3.05) is 12.4 Å². The smallest absolute Gasteiger partial charge is 0.339 e. The number of hydrogen-bond acceptors (Lipinski definition) is 3. The SMILES string of the molecule is COc1cc(NC(=O)CC2CCc3ccccc3C2)ccc1C(=O)O. The van der Waals surface area contributed by atoms with Crippen LogP contribution in [0.25, 0.3) is 0 Å². The topological polar surface area (TPSA) is 75.6 Å². The number of carbonyl (C=O) groups is 2. The second-order valence-corrected chi connectivity index (χ2v) is 6.35.